The van der Waals surface area contributed by atoms with E-state index < -0.39 is 6.10 Å². The Bertz CT molecular complexity index is 1270. The van der Waals surface area contributed by atoms with E-state index in [-0.39, 0.29) is 5.91 Å². The van der Waals surface area contributed by atoms with Crippen LogP contribution < -0.4 is 9.64 Å². The molecule has 0 spiro atoms. The summed E-state index contributed by atoms with van der Waals surface area (Å²) in [6.07, 6.45) is 0.251. The van der Waals surface area contributed by atoms with Crippen LogP contribution in [0.15, 0.2) is 78.2 Å². The van der Waals surface area contributed by atoms with Gasteiger partial charge >= 0.3 is 0 Å². The molecule has 5 rings (SSSR count). The number of benzene rings is 3. The number of fused-ring (bicyclic) bond motifs is 1. The van der Waals surface area contributed by atoms with Gasteiger partial charge in [0.1, 0.15) is 5.75 Å². The van der Waals surface area contributed by atoms with Gasteiger partial charge in [-0.15, -0.1) is 11.3 Å². The van der Waals surface area contributed by atoms with Crippen molar-refractivity contribution in [1.29, 1.82) is 0 Å². The smallest absolute Gasteiger partial charge is 0.268 e. The number of hydrogen-bond donors (Lipinski definition) is 0. The molecule has 6 heteroatoms. The van der Waals surface area contributed by atoms with Crippen LogP contribution in [-0.2, 0) is 17.8 Å². The van der Waals surface area contributed by atoms with E-state index >= 15 is 0 Å². The Kier molecular flexibility index (Phi) is 5.68. The molecule has 0 saturated heterocycles. The van der Waals surface area contributed by atoms with E-state index in [4.69, 9.17) is 21.3 Å². The van der Waals surface area contributed by atoms with Crippen LogP contribution in [0, 0.1) is 0 Å². The molecule has 0 N–H and O–H groups in total. The van der Waals surface area contributed by atoms with Crippen LogP contribution >= 0.6 is 22.9 Å². The zero-order chi connectivity index (χ0) is 22.1. The molecule has 32 heavy (non-hydrogen) atoms. The molecule has 1 unspecified atom stereocenters. The lowest BCUT2D eigenvalue weighted by molar-refractivity contribution is -0.125. The summed E-state index contributed by atoms with van der Waals surface area (Å²) in [7, 11) is 0. The second-order valence-electron chi connectivity index (χ2n) is 7.75. The third-order valence-electron chi connectivity index (χ3n) is 5.50. The van der Waals surface area contributed by atoms with Crippen molar-refractivity contribution in [3.05, 3.63) is 99.3 Å². The molecular weight excluding hydrogens is 440 g/mol. The van der Waals surface area contributed by atoms with Crippen LogP contribution in [0.2, 0.25) is 5.02 Å². The van der Waals surface area contributed by atoms with Crippen molar-refractivity contribution < 1.29 is 9.53 Å². The molecule has 1 aliphatic heterocycles. The largest absolute Gasteiger partial charge is 0.479 e. The molecule has 0 bridgehead atoms. The first-order valence-electron chi connectivity index (χ1n) is 10.4. The second-order valence-corrected chi connectivity index (χ2v) is 9.10. The molecule has 160 valence electrons. The van der Waals surface area contributed by atoms with Gasteiger partial charge in [-0.3, -0.25) is 4.79 Å². The fourth-order valence-electron chi connectivity index (χ4n) is 3.82. The fraction of sp³-hybridized carbons (Fsp3) is 0.154. The van der Waals surface area contributed by atoms with Crippen molar-refractivity contribution >= 4 is 34.5 Å². The molecule has 3 aromatic carbocycles. The van der Waals surface area contributed by atoms with E-state index in [1.165, 1.54) is 5.56 Å². The highest BCUT2D eigenvalue weighted by Crippen LogP contribution is 2.39. The molecule has 0 saturated carbocycles. The van der Waals surface area contributed by atoms with Gasteiger partial charge in [0, 0.05) is 22.4 Å². The molecular formula is C26H21ClN2O2S. The van der Waals surface area contributed by atoms with E-state index in [0.29, 0.717) is 17.3 Å². The Morgan fingerprint density at radius 2 is 1.84 bits per heavy atom. The summed E-state index contributed by atoms with van der Waals surface area (Å²) in [4.78, 5) is 19.6. The zero-order valence-corrected chi connectivity index (χ0v) is 19.1. The predicted octanol–water partition coefficient (Wildman–Crippen LogP) is 6.37. The van der Waals surface area contributed by atoms with Crippen molar-refractivity contribution in [1.82, 2.24) is 4.98 Å². The Hall–Kier alpha value is -3.15. The van der Waals surface area contributed by atoms with Crippen LogP contribution in [0.3, 0.4) is 0 Å². The van der Waals surface area contributed by atoms with E-state index in [1.54, 1.807) is 23.2 Å². The lowest BCUT2D eigenvalue weighted by Crippen LogP contribution is -2.44. The normalized spacial score (nSPS) is 15.4. The fourth-order valence-corrected chi connectivity index (χ4v) is 4.85. The minimum Gasteiger partial charge on any atom is -0.479 e. The Balaban J connectivity index is 1.47. The molecule has 0 aliphatic carbocycles. The quantitative estimate of drug-likeness (QED) is 0.347. The van der Waals surface area contributed by atoms with Gasteiger partial charge in [0.2, 0.25) is 0 Å². The lowest BCUT2D eigenvalue weighted by atomic mass is 10.1. The van der Waals surface area contributed by atoms with Crippen LogP contribution in [-0.4, -0.2) is 17.0 Å². The Morgan fingerprint density at radius 1 is 1.06 bits per heavy atom. The first-order chi connectivity index (χ1) is 15.6. The summed E-state index contributed by atoms with van der Waals surface area (Å²) in [5.74, 6) is 0.602. The van der Waals surface area contributed by atoms with Gasteiger partial charge in [0.25, 0.3) is 5.91 Å². The van der Waals surface area contributed by atoms with Gasteiger partial charge in [-0.1, -0.05) is 60.1 Å². The van der Waals surface area contributed by atoms with Crippen molar-refractivity contribution in [3.8, 4) is 17.0 Å². The topological polar surface area (TPSA) is 42.4 Å². The van der Waals surface area contributed by atoms with E-state index in [0.717, 1.165) is 33.9 Å². The van der Waals surface area contributed by atoms with Crippen LogP contribution in [0.25, 0.3) is 11.3 Å². The number of carbonyl (C=O) groups excluding carboxylic acids is 1. The van der Waals surface area contributed by atoms with Gasteiger partial charge in [0.05, 0.1) is 22.9 Å². The number of hydrogen-bond acceptors (Lipinski definition) is 4. The molecule has 1 aliphatic rings. The summed E-state index contributed by atoms with van der Waals surface area (Å²) >= 11 is 8.02. The van der Waals surface area contributed by atoms with Crippen molar-refractivity contribution in [2.75, 3.05) is 4.90 Å². The molecule has 0 fully saturated rings. The van der Waals surface area contributed by atoms with E-state index in [1.807, 2.05) is 60.7 Å². The van der Waals surface area contributed by atoms with Gasteiger partial charge in [0.15, 0.2) is 6.10 Å². The van der Waals surface area contributed by atoms with Crippen molar-refractivity contribution in [2.45, 2.75) is 26.0 Å². The monoisotopic (exact) mass is 460 g/mol. The van der Waals surface area contributed by atoms with Crippen molar-refractivity contribution in [3.63, 3.8) is 0 Å². The minimum atomic E-state index is -0.549. The number of ether oxygens (including phenoxy) is 1. The number of anilines is 1. The average molecular weight is 461 g/mol. The van der Waals surface area contributed by atoms with Gasteiger partial charge in [-0.05, 0) is 42.3 Å². The maximum atomic E-state index is 13.0. The lowest BCUT2D eigenvalue weighted by Gasteiger charge is -2.33. The number of nitrogens with zero attached hydrogens (tertiary/aromatic N) is 2. The second kappa shape index (κ2) is 8.77. The van der Waals surface area contributed by atoms with Gasteiger partial charge in [-0.25, -0.2) is 4.98 Å². The summed E-state index contributed by atoms with van der Waals surface area (Å²) in [5.41, 5.74) is 4.72. The third kappa shape index (κ3) is 4.14. The highest BCUT2D eigenvalue weighted by Gasteiger charge is 2.32. The molecule has 1 amide bonds. The van der Waals surface area contributed by atoms with Gasteiger partial charge < -0.3 is 9.64 Å². The molecule has 2 heterocycles. The average Bonchev–Trinajstić information content (AvgIpc) is 3.27. The Labute approximate surface area is 196 Å². The molecule has 1 atom stereocenters. The summed E-state index contributed by atoms with van der Waals surface area (Å²) in [5, 5.41) is 3.76. The molecule has 0 radical (unpaired) electrons. The standard InChI is InChI=1S/C26H21ClN2O2S/c1-17-26(30)29(15-20-9-5-6-10-21(20)27)23-14-19(11-12-24(23)31-17)22-16-32-25(28-22)13-18-7-3-2-4-8-18/h2-12,14,16-17H,13,15H2,1H3. The van der Waals surface area contributed by atoms with Crippen LogP contribution in [0.1, 0.15) is 23.1 Å². The summed E-state index contributed by atoms with van der Waals surface area (Å²) in [6.45, 7) is 2.16. The molecule has 1 aromatic heterocycles. The van der Waals surface area contributed by atoms with E-state index in [9.17, 15) is 4.79 Å². The first kappa shape index (κ1) is 20.7. The number of thiazole rings is 1. The third-order valence-corrected chi connectivity index (χ3v) is 6.72. The molecule has 4 nitrogen and oxygen atoms in total. The maximum absolute atomic E-state index is 13.0. The van der Waals surface area contributed by atoms with Crippen LogP contribution in [0.5, 0.6) is 5.75 Å². The number of carbonyl (C=O) groups is 1. The number of aromatic nitrogens is 1. The minimum absolute atomic E-state index is 0.0855. The molecule has 4 aromatic rings. The van der Waals surface area contributed by atoms with Crippen LogP contribution in [0.4, 0.5) is 5.69 Å². The SMILES string of the molecule is CC1Oc2ccc(-c3csc(Cc4ccccc4)n3)cc2N(Cc2ccccc2Cl)C1=O. The maximum Gasteiger partial charge on any atom is 0.268 e. The van der Waals surface area contributed by atoms with E-state index in [2.05, 4.69) is 17.5 Å². The highest BCUT2D eigenvalue weighted by molar-refractivity contribution is 7.10. The van der Waals surface area contributed by atoms with Crippen molar-refractivity contribution in [2.24, 2.45) is 0 Å². The highest BCUT2D eigenvalue weighted by atomic mass is 35.5. The number of halogens is 1. The Morgan fingerprint density at radius 3 is 2.66 bits per heavy atom. The number of rotatable bonds is 5. The summed E-state index contributed by atoms with van der Waals surface area (Å²) in [6, 6.07) is 23.8. The first-order valence-corrected chi connectivity index (χ1v) is 11.7. The summed E-state index contributed by atoms with van der Waals surface area (Å²) < 4.78 is 5.88. The zero-order valence-electron chi connectivity index (χ0n) is 17.5. The van der Waals surface area contributed by atoms with Gasteiger partial charge in [-0.2, -0.15) is 0 Å². The predicted molar refractivity (Wildman–Crippen MR) is 130 cm³/mol. The number of amides is 1.